The van der Waals surface area contributed by atoms with E-state index in [4.69, 9.17) is 4.98 Å². The van der Waals surface area contributed by atoms with Crippen molar-refractivity contribution < 1.29 is 0 Å². The smallest absolute Gasteiger partial charge is 0.233 e. The normalized spacial score (nSPS) is 20.1. The molecule has 6 heteroatoms. The van der Waals surface area contributed by atoms with Gasteiger partial charge in [-0.25, -0.2) is 9.97 Å². The SMILES string of the molecule is c1cc(CN2CCCC[C@@H]2c2ccn3ccnc3n2)[nH]n1. The minimum absolute atomic E-state index is 0.365. The predicted molar refractivity (Wildman–Crippen MR) is 78.6 cm³/mol. The Labute approximate surface area is 122 Å². The number of imidazole rings is 1. The van der Waals surface area contributed by atoms with E-state index in [9.17, 15) is 0 Å². The van der Waals surface area contributed by atoms with Gasteiger partial charge in [-0.3, -0.25) is 14.4 Å². The molecule has 0 saturated carbocycles. The molecule has 1 aliphatic heterocycles. The highest BCUT2D eigenvalue weighted by Gasteiger charge is 2.25. The lowest BCUT2D eigenvalue weighted by Gasteiger charge is -2.34. The van der Waals surface area contributed by atoms with Crippen LogP contribution in [0, 0.1) is 0 Å². The molecule has 1 saturated heterocycles. The molecule has 4 heterocycles. The molecule has 21 heavy (non-hydrogen) atoms. The predicted octanol–water partition coefficient (Wildman–Crippen LogP) is 2.18. The first kappa shape index (κ1) is 12.5. The maximum Gasteiger partial charge on any atom is 0.233 e. The lowest BCUT2D eigenvalue weighted by molar-refractivity contribution is 0.135. The molecule has 0 bridgehead atoms. The zero-order chi connectivity index (χ0) is 14.1. The number of likely N-dealkylation sites (tertiary alicyclic amines) is 1. The van der Waals surface area contributed by atoms with Gasteiger partial charge in [-0.2, -0.15) is 5.10 Å². The van der Waals surface area contributed by atoms with E-state index >= 15 is 0 Å². The summed E-state index contributed by atoms with van der Waals surface area (Å²) in [6.07, 6.45) is 11.2. The van der Waals surface area contributed by atoms with Gasteiger partial charge in [0, 0.05) is 37.0 Å². The third-order valence-corrected chi connectivity index (χ3v) is 4.17. The summed E-state index contributed by atoms with van der Waals surface area (Å²) in [5.41, 5.74) is 2.27. The van der Waals surface area contributed by atoms with E-state index in [1.54, 1.807) is 6.20 Å². The first-order valence-electron chi connectivity index (χ1n) is 7.42. The van der Waals surface area contributed by atoms with Crippen LogP contribution in [0.25, 0.3) is 5.78 Å². The summed E-state index contributed by atoms with van der Waals surface area (Å²) in [7, 11) is 0. The molecule has 6 nitrogen and oxygen atoms in total. The topological polar surface area (TPSA) is 62.1 Å². The highest BCUT2D eigenvalue weighted by atomic mass is 15.2. The Hall–Kier alpha value is -2.21. The second-order valence-corrected chi connectivity index (χ2v) is 5.55. The number of aromatic nitrogens is 5. The Bertz CT molecular complexity index is 717. The molecular weight excluding hydrogens is 264 g/mol. The molecule has 108 valence electrons. The fraction of sp³-hybridized carbons (Fsp3) is 0.400. The van der Waals surface area contributed by atoms with Crippen molar-refractivity contribution in [1.82, 2.24) is 29.5 Å². The Morgan fingerprint density at radius 1 is 1.19 bits per heavy atom. The Morgan fingerprint density at radius 3 is 3.10 bits per heavy atom. The molecule has 0 unspecified atom stereocenters. The lowest BCUT2D eigenvalue weighted by Crippen LogP contribution is -2.33. The molecule has 0 aromatic carbocycles. The largest absolute Gasteiger partial charge is 0.291 e. The van der Waals surface area contributed by atoms with Crippen molar-refractivity contribution in [3.05, 3.63) is 48.3 Å². The number of H-pyrrole nitrogens is 1. The van der Waals surface area contributed by atoms with Gasteiger partial charge in [0.1, 0.15) is 0 Å². The zero-order valence-corrected chi connectivity index (χ0v) is 11.8. The highest BCUT2D eigenvalue weighted by molar-refractivity contribution is 5.30. The average Bonchev–Trinajstić information content (AvgIpc) is 3.18. The third kappa shape index (κ3) is 2.42. The molecule has 0 aliphatic carbocycles. The van der Waals surface area contributed by atoms with Gasteiger partial charge in [0.15, 0.2) is 0 Å². The molecule has 1 atom stereocenters. The van der Waals surface area contributed by atoms with Crippen molar-refractivity contribution in [1.29, 1.82) is 0 Å². The number of hydrogen-bond donors (Lipinski definition) is 1. The van der Waals surface area contributed by atoms with E-state index in [1.807, 2.05) is 29.1 Å². The number of fused-ring (bicyclic) bond motifs is 1. The minimum Gasteiger partial charge on any atom is -0.291 e. The van der Waals surface area contributed by atoms with Gasteiger partial charge in [-0.15, -0.1) is 0 Å². The molecule has 0 spiro atoms. The number of piperidine rings is 1. The van der Waals surface area contributed by atoms with Gasteiger partial charge in [0.2, 0.25) is 5.78 Å². The van der Waals surface area contributed by atoms with Crippen molar-refractivity contribution >= 4 is 5.78 Å². The van der Waals surface area contributed by atoms with Crippen LogP contribution in [-0.2, 0) is 6.54 Å². The average molecular weight is 282 g/mol. The van der Waals surface area contributed by atoms with E-state index in [2.05, 4.69) is 26.1 Å². The van der Waals surface area contributed by atoms with Gasteiger partial charge in [0.05, 0.1) is 11.7 Å². The quantitative estimate of drug-likeness (QED) is 0.800. The summed E-state index contributed by atoms with van der Waals surface area (Å²) in [5, 5.41) is 7.09. The molecule has 4 rings (SSSR count). The highest BCUT2D eigenvalue weighted by Crippen LogP contribution is 2.30. The molecule has 0 radical (unpaired) electrons. The van der Waals surface area contributed by atoms with Crippen LogP contribution in [-0.4, -0.2) is 36.0 Å². The van der Waals surface area contributed by atoms with E-state index in [-0.39, 0.29) is 0 Å². The van der Waals surface area contributed by atoms with Gasteiger partial charge >= 0.3 is 0 Å². The van der Waals surface area contributed by atoms with Gasteiger partial charge in [-0.05, 0) is 31.5 Å². The minimum atomic E-state index is 0.365. The van der Waals surface area contributed by atoms with Crippen molar-refractivity contribution in [3.63, 3.8) is 0 Å². The van der Waals surface area contributed by atoms with Crippen LogP contribution in [0.3, 0.4) is 0 Å². The van der Waals surface area contributed by atoms with Crippen LogP contribution in [0.5, 0.6) is 0 Å². The molecule has 3 aromatic heterocycles. The maximum atomic E-state index is 4.72. The van der Waals surface area contributed by atoms with Crippen molar-refractivity contribution in [2.45, 2.75) is 31.8 Å². The number of aromatic amines is 1. The number of nitrogens with one attached hydrogen (secondary N) is 1. The van der Waals surface area contributed by atoms with Crippen LogP contribution in [0.1, 0.15) is 36.7 Å². The van der Waals surface area contributed by atoms with E-state index in [0.29, 0.717) is 6.04 Å². The van der Waals surface area contributed by atoms with Crippen LogP contribution in [0.15, 0.2) is 36.9 Å². The zero-order valence-electron chi connectivity index (χ0n) is 11.8. The van der Waals surface area contributed by atoms with Gasteiger partial charge in [-0.1, -0.05) is 6.42 Å². The maximum absolute atomic E-state index is 4.72. The fourth-order valence-corrected chi connectivity index (χ4v) is 3.11. The van der Waals surface area contributed by atoms with Crippen LogP contribution < -0.4 is 0 Å². The van der Waals surface area contributed by atoms with Crippen molar-refractivity contribution in [2.75, 3.05) is 6.54 Å². The summed E-state index contributed by atoms with van der Waals surface area (Å²) in [6.45, 7) is 2.00. The first-order chi connectivity index (χ1) is 10.4. The Kier molecular flexibility index (Phi) is 3.16. The summed E-state index contributed by atoms with van der Waals surface area (Å²) in [6, 6.07) is 4.52. The monoisotopic (exact) mass is 282 g/mol. The Balaban J connectivity index is 1.63. The second kappa shape index (κ2) is 5.29. The Morgan fingerprint density at radius 2 is 2.19 bits per heavy atom. The molecule has 1 N–H and O–H groups in total. The van der Waals surface area contributed by atoms with E-state index in [1.165, 1.54) is 12.8 Å². The lowest BCUT2D eigenvalue weighted by atomic mass is 9.99. The van der Waals surface area contributed by atoms with E-state index < -0.39 is 0 Å². The number of nitrogens with zero attached hydrogens (tertiary/aromatic N) is 5. The number of rotatable bonds is 3. The standard InChI is InChI=1S/C15H18N6/c1-2-8-21(11-12-4-6-17-19-12)14(3-1)13-5-9-20-10-7-16-15(20)18-13/h4-7,9-10,14H,1-3,8,11H2,(H,17,19)/t14-/m1/s1. The fourth-order valence-electron chi connectivity index (χ4n) is 3.11. The second-order valence-electron chi connectivity index (χ2n) is 5.55. The van der Waals surface area contributed by atoms with Gasteiger partial charge < -0.3 is 0 Å². The molecule has 1 aliphatic rings. The van der Waals surface area contributed by atoms with Crippen LogP contribution in [0.4, 0.5) is 0 Å². The molecule has 1 fully saturated rings. The van der Waals surface area contributed by atoms with Crippen molar-refractivity contribution in [3.8, 4) is 0 Å². The first-order valence-corrected chi connectivity index (χ1v) is 7.42. The summed E-state index contributed by atoms with van der Waals surface area (Å²) < 4.78 is 1.95. The van der Waals surface area contributed by atoms with Crippen LogP contribution >= 0.6 is 0 Å². The number of hydrogen-bond acceptors (Lipinski definition) is 4. The molecule has 0 amide bonds. The van der Waals surface area contributed by atoms with E-state index in [0.717, 1.165) is 36.7 Å². The molecular formula is C15H18N6. The van der Waals surface area contributed by atoms with Crippen molar-refractivity contribution in [2.24, 2.45) is 0 Å². The summed E-state index contributed by atoms with van der Waals surface area (Å²) in [5.74, 6) is 0.777. The van der Waals surface area contributed by atoms with Gasteiger partial charge in [0.25, 0.3) is 0 Å². The summed E-state index contributed by atoms with van der Waals surface area (Å²) in [4.78, 5) is 11.5. The van der Waals surface area contributed by atoms with Crippen LogP contribution in [0.2, 0.25) is 0 Å². The molecule has 3 aromatic rings. The third-order valence-electron chi connectivity index (χ3n) is 4.17. The summed E-state index contributed by atoms with van der Waals surface area (Å²) >= 11 is 0.